The highest BCUT2D eigenvalue weighted by Crippen LogP contribution is 2.24. The average Bonchev–Trinajstić information content (AvgIpc) is 2.53. The SMILES string of the molecule is CCCOC(C)(CC(C)C)C(=O)Nc1ccc(OCCN(C)C)cc1. The van der Waals surface area contributed by atoms with Crippen molar-refractivity contribution in [1.29, 1.82) is 0 Å². The summed E-state index contributed by atoms with van der Waals surface area (Å²) in [4.78, 5) is 14.8. The Bertz CT molecular complexity index is 514. The lowest BCUT2D eigenvalue weighted by Crippen LogP contribution is -2.44. The van der Waals surface area contributed by atoms with Gasteiger partial charge in [0.2, 0.25) is 0 Å². The van der Waals surface area contributed by atoms with Crippen molar-refractivity contribution in [2.75, 3.05) is 39.2 Å². The van der Waals surface area contributed by atoms with Crippen LogP contribution in [0.1, 0.15) is 40.5 Å². The van der Waals surface area contributed by atoms with E-state index < -0.39 is 5.60 Å². The smallest absolute Gasteiger partial charge is 0.256 e. The summed E-state index contributed by atoms with van der Waals surface area (Å²) in [6, 6.07) is 7.47. The lowest BCUT2D eigenvalue weighted by Gasteiger charge is -2.30. The van der Waals surface area contributed by atoms with Crippen molar-refractivity contribution in [2.45, 2.75) is 46.1 Å². The number of nitrogens with zero attached hydrogens (tertiary/aromatic N) is 1. The van der Waals surface area contributed by atoms with Crippen molar-refractivity contribution >= 4 is 11.6 Å². The van der Waals surface area contributed by atoms with Crippen LogP contribution in [0, 0.1) is 5.92 Å². The largest absolute Gasteiger partial charge is 0.492 e. The fourth-order valence-corrected chi connectivity index (χ4v) is 2.57. The molecule has 0 aliphatic carbocycles. The Morgan fingerprint density at radius 2 is 1.84 bits per heavy atom. The van der Waals surface area contributed by atoms with Crippen molar-refractivity contribution in [1.82, 2.24) is 4.90 Å². The van der Waals surface area contributed by atoms with E-state index in [1.54, 1.807) is 0 Å². The van der Waals surface area contributed by atoms with E-state index in [2.05, 4.69) is 24.1 Å². The Morgan fingerprint density at radius 3 is 2.36 bits per heavy atom. The summed E-state index contributed by atoms with van der Waals surface area (Å²) in [6.07, 6.45) is 1.57. The van der Waals surface area contributed by atoms with E-state index in [-0.39, 0.29) is 5.91 Å². The summed E-state index contributed by atoms with van der Waals surface area (Å²) >= 11 is 0. The van der Waals surface area contributed by atoms with Crippen molar-refractivity contribution in [3.05, 3.63) is 24.3 Å². The molecule has 1 N–H and O–H groups in total. The molecule has 0 heterocycles. The van der Waals surface area contributed by atoms with E-state index in [1.807, 2.05) is 52.2 Å². The Morgan fingerprint density at radius 1 is 1.20 bits per heavy atom. The number of ether oxygens (including phenoxy) is 2. The van der Waals surface area contributed by atoms with E-state index in [1.165, 1.54) is 0 Å². The van der Waals surface area contributed by atoms with Gasteiger partial charge in [-0.15, -0.1) is 0 Å². The van der Waals surface area contributed by atoms with Crippen molar-refractivity contribution in [3.63, 3.8) is 0 Å². The summed E-state index contributed by atoms with van der Waals surface area (Å²) in [5.41, 5.74) is -0.0644. The molecule has 0 bridgehead atoms. The molecule has 1 rings (SSSR count). The lowest BCUT2D eigenvalue weighted by molar-refractivity contribution is -0.141. The summed E-state index contributed by atoms with van der Waals surface area (Å²) in [5, 5.41) is 2.97. The fourth-order valence-electron chi connectivity index (χ4n) is 2.57. The molecule has 1 atom stereocenters. The maximum Gasteiger partial charge on any atom is 0.256 e. The molecule has 5 heteroatoms. The second-order valence-corrected chi connectivity index (χ2v) is 7.31. The molecule has 0 fully saturated rings. The van der Waals surface area contributed by atoms with Gasteiger partial charge in [-0.2, -0.15) is 0 Å². The third-order valence-electron chi connectivity index (χ3n) is 3.82. The number of nitrogens with one attached hydrogen (secondary N) is 1. The number of amides is 1. The number of hydrogen-bond acceptors (Lipinski definition) is 4. The van der Waals surface area contributed by atoms with Crippen LogP contribution < -0.4 is 10.1 Å². The fraction of sp³-hybridized carbons (Fsp3) is 0.650. The number of carbonyl (C=O) groups is 1. The molecule has 1 aromatic carbocycles. The minimum atomic E-state index is -0.814. The van der Waals surface area contributed by atoms with Gasteiger partial charge in [-0.3, -0.25) is 4.79 Å². The number of rotatable bonds is 11. The van der Waals surface area contributed by atoms with Gasteiger partial charge in [-0.25, -0.2) is 0 Å². The van der Waals surface area contributed by atoms with Gasteiger partial charge in [0.25, 0.3) is 5.91 Å². The number of anilines is 1. The summed E-state index contributed by atoms with van der Waals surface area (Å²) in [7, 11) is 4.02. The van der Waals surface area contributed by atoms with Crippen molar-refractivity contribution in [2.24, 2.45) is 5.92 Å². The third-order valence-corrected chi connectivity index (χ3v) is 3.82. The first-order chi connectivity index (χ1) is 11.8. The normalized spacial score (nSPS) is 13.8. The second kappa shape index (κ2) is 10.4. The van der Waals surface area contributed by atoms with Gasteiger partial charge in [-0.1, -0.05) is 20.8 Å². The quantitative estimate of drug-likeness (QED) is 0.659. The molecule has 1 amide bonds. The molecule has 0 radical (unpaired) electrons. The number of carbonyl (C=O) groups excluding carboxylic acids is 1. The molecule has 142 valence electrons. The number of likely N-dealkylation sites (N-methyl/N-ethyl adjacent to an activating group) is 1. The number of benzene rings is 1. The molecule has 25 heavy (non-hydrogen) atoms. The van der Waals surface area contributed by atoms with Crippen LogP contribution in [0.5, 0.6) is 5.75 Å². The Hall–Kier alpha value is -1.59. The molecule has 1 unspecified atom stereocenters. The monoisotopic (exact) mass is 350 g/mol. The van der Waals surface area contributed by atoms with Gasteiger partial charge in [0.1, 0.15) is 18.0 Å². The predicted molar refractivity (Wildman–Crippen MR) is 103 cm³/mol. The van der Waals surface area contributed by atoms with Crippen LogP contribution >= 0.6 is 0 Å². The van der Waals surface area contributed by atoms with Gasteiger partial charge < -0.3 is 19.7 Å². The first kappa shape index (κ1) is 21.5. The van der Waals surface area contributed by atoms with E-state index in [9.17, 15) is 4.79 Å². The highest BCUT2D eigenvalue weighted by molar-refractivity contribution is 5.97. The van der Waals surface area contributed by atoms with Crippen LogP contribution in [0.2, 0.25) is 0 Å². The summed E-state index contributed by atoms with van der Waals surface area (Å²) < 4.78 is 11.6. The van der Waals surface area contributed by atoms with Crippen LogP contribution in [0.15, 0.2) is 24.3 Å². The lowest BCUT2D eigenvalue weighted by atomic mass is 9.93. The first-order valence-electron chi connectivity index (χ1n) is 9.10. The van der Waals surface area contributed by atoms with Crippen LogP contribution in [0.25, 0.3) is 0 Å². The highest BCUT2D eigenvalue weighted by Gasteiger charge is 2.34. The van der Waals surface area contributed by atoms with Gasteiger partial charge in [0, 0.05) is 18.8 Å². The molecule has 0 saturated carbocycles. The minimum absolute atomic E-state index is 0.101. The topological polar surface area (TPSA) is 50.8 Å². The zero-order valence-electron chi connectivity index (χ0n) is 16.6. The molecular formula is C20H34N2O3. The van der Waals surface area contributed by atoms with Gasteiger partial charge in [0.05, 0.1) is 0 Å². The van der Waals surface area contributed by atoms with E-state index in [0.717, 1.165) is 24.4 Å². The van der Waals surface area contributed by atoms with Crippen molar-refractivity contribution in [3.8, 4) is 5.75 Å². The maximum atomic E-state index is 12.7. The molecule has 5 nitrogen and oxygen atoms in total. The average molecular weight is 351 g/mol. The second-order valence-electron chi connectivity index (χ2n) is 7.31. The van der Waals surface area contributed by atoms with Gasteiger partial charge >= 0.3 is 0 Å². The molecule has 0 aliphatic rings. The Balaban J connectivity index is 2.66. The Kier molecular flexibility index (Phi) is 8.93. The Labute approximate surface area is 152 Å². The molecule has 0 spiro atoms. The molecule has 0 aliphatic heterocycles. The minimum Gasteiger partial charge on any atom is -0.492 e. The summed E-state index contributed by atoms with van der Waals surface area (Å²) in [5.74, 6) is 1.07. The first-order valence-corrected chi connectivity index (χ1v) is 9.10. The molecular weight excluding hydrogens is 316 g/mol. The van der Waals surface area contributed by atoms with Gasteiger partial charge in [0.15, 0.2) is 0 Å². The molecule has 0 saturated heterocycles. The predicted octanol–water partition coefficient (Wildman–Crippen LogP) is 3.80. The van der Waals surface area contributed by atoms with E-state index in [4.69, 9.17) is 9.47 Å². The zero-order valence-corrected chi connectivity index (χ0v) is 16.6. The zero-order chi connectivity index (χ0) is 18.9. The van der Waals surface area contributed by atoms with Crippen LogP contribution in [-0.4, -0.2) is 50.3 Å². The highest BCUT2D eigenvalue weighted by atomic mass is 16.5. The van der Waals surface area contributed by atoms with Crippen molar-refractivity contribution < 1.29 is 14.3 Å². The van der Waals surface area contributed by atoms with Crippen LogP contribution in [0.4, 0.5) is 5.69 Å². The van der Waals surface area contributed by atoms with Crippen LogP contribution in [0.3, 0.4) is 0 Å². The van der Waals surface area contributed by atoms with E-state index >= 15 is 0 Å². The molecule has 1 aromatic rings. The van der Waals surface area contributed by atoms with Crippen LogP contribution in [-0.2, 0) is 9.53 Å². The number of hydrogen-bond donors (Lipinski definition) is 1. The maximum absolute atomic E-state index is 12.7. The van der Waals surface area contributed by atoms with Gasteiger partial charge in [-0.05, 0) is 64.0 Å². The third kappa shape index (κ3) is 7.88. The molecule has 0 aromatic heterocycles. The standard InChI is InChI=1S/C20H34N2O3/c1-7-13-25-20(4,15-16(2)3)19(23)21-17-8-10-18(11-9-17)24-14-12-22(5)6/h8-11,16H,7,12-15H2,1-6H3,(H,21,23). The summed E-state index contributed by atoms with van der Waals surface area (Å²) in [6.45, 7) is 10.2. The van der Waals surface area contributed by atoms with E-state index in [0.29, 0.717) is 25.6 Å².